The fraction of sp³-hybridized carbons (Fsp3) is 0.474. The lowest BCUT2D eigenvalue weighted by molar-refractivity contribution is -0.135. The van der Waals surface area contributed by atoms with Gasteiger partial charge in [0.1, 0.15) is 18.6 Å². The van der Waals surface area contributed by atoms with Gasteiger partial charge < -0.3 is 24.4 Å². The van der Waals surface area contributed by atoms with E-state index in [9.17, 15) is 9.59 Å². The number of ether oxygens (including phenoxy) is 1. The second-order valence-electron chi connectivity index (χ2n) is 6.68. The number of rotatable bonds is 7. The largest absolute Gasteiger partial charge is 0.497 e. The van der Waals surface area contributed by atoms with Crippen LogP contribution in [0.4, 0.5) is 4.79 Å². The lowest BCUT2D eigenvalue weighted by Gasteiger charge is -2.34. The maximum Gasteiger partial charge on any atom is 0.318 e. The van der Waals surface area contributed by atoms with Gasteiger partial charge >= 0.3 is 6.03 Å². The Bertz CT molecular complexity index is 804. The smallest absolute Gasteiger partial charge is 0.318 e. The molecule has 3 amide bonds. The van der Waals surface area contributed by atoms with Crippen molar-refractivity contribution in [1.29, 1.82) is 0 Å². The fourth-order valence-electron chi connectivity index (χ4n) is 3.11. The van der Waals surface area contributed by atoms with Crippen LogP contribution in [0.5, 0.6) is 5.75 Å². The maximum atomic E-state index is 12.5. The van der Waals surface area contributed by atoms with Gasteiger partial charge in [0.25, 0.3) is 0 Å². The minimum Gasteiger partial charge on any atom is -0.497 e. The highest BCUT2D eigenvalue weighted by atomic mass is 16.5. The number of methoxy groups -OCH3 is 1. The van der Waals surface area contributed by atoms with Crippen molar-refractivity contribution in [2.24, 2.45) is 0 Å². The zero-order chi connectivity index (χ0) is 19.9. The van der Waals surface area contributed by atoms with E-state index in [0.29, 0.717) is 32.0 Å². The van der Waals surface area contributed by atoms with Crippen LogP contribution in [0.2, 0.25) is 0 Å². The van der Waals surface area contributed by atoms with Crippen molar-refractivity contribution >= 4 is 11.9 Å². The Kier molecular flexibility index (Phi) is 6.46. The molecule has 0 aliphatic carbocycles. The Balaban J connectivity index is 1.49. The third kappa shape index (κ3) is 4.79. The van der Waals surface area contributed by atoms with Crippen molar-refractivity contribution in [2.75, 3.05) is 26.7 Å². The summed E-state index contributed by atoms with van der Waals surface area (Å²) >= 11 is 0. The molecule has 0 radical (unpaired) electrons. The Hall–Kier alpha value is -3.10. The van der Waals surface area contributed by atoms with Crippen LogP contribution in [0, 0.1) is 0 Å². The topological polar surface area (TPSA) is 92.6 Å². The number of urea groups is 1. The molecular weight excluding hydrogens is 360 g/mol. The van der Waals surface area contributed by atoms with Gasteiger partial charge in [-0.15, -0.1) is 10.2 Å². The highest BCUT2D eigenvalue weighted by molar-refractivity contribution is 5.85. The van der Waals surface area contributed by atoms with E-state index < -0.39 is 0 Å². The van der Waals surface area contributed by atoms with Crippen molar-refractivity contribution < 1.29 is 14.3 Å². The van der Waals surface area contributed by atoms with Crippen molar-refractivity contribution in [1.82, 2.24) is 29.9 Å². The SMILES string of the molecule is CCCn1cnnc1CNC(=O)N1CCN(Cc2ccc(OC)cc2)C(=O)C1. The first kappa shape index (κ1) is 19.7. The van der Waals surface area contributed by atoms with Gasteiger partial charge in [-0.05, 0) is 24.1 Å². The van der Waals surface area contributed by atoms with Crippen LogP contribution < -0.4 is 10.1 Å². The summed E-state index contributed by atoms with van der Waals surface area (Å²) in [5.41, 5.74) is 1.03. The Labute approximate surface area is 164 Å². The predicted octanol–water partition coefficient (Wildman–Crippen LogP) is 1.25. The molecule has 2 heterocycles. The van der Waals surface area contributed by atoms with Crippen LogP contribution in [0.25, 0.3) is 0 Å². The predicted molar refractivity (Wildman–Crippen MR) is 103 cm³/mol. The third-order valence-electron chi connectivity index (χ3n) is 4.70. The highest BCUT2D eigenvalue weighted by Gasteiger charge is 2.27. The molecule has 3 rings (SSSR count). The van der Waals surface area contributed by atoms with Crippen LogP contribution in [0.15, 0.2) is 30.6 Å². The Morgan fingerprint density at radius 3 is 2.71 bits per heavy atom. The normalized spacial score (nSPS) is 14.3. The van der Waals surface area contributed by atoms with Crippen LogP contribution >= 0.6 is 0 Å². The number of aromatic nitrogens is 3. The number of hydrogen-bond acceptors (Lipinski definition) is 5. The summed E-state index contributed by atoms with van der Waals surface area (Å²) in [4.78, 5) is 28.2. The van der Waals surface area contributed by atoms with Gasteiger partial charge in [0.2, 0.25) is 5.91 Å². The molecular formula is C19H26N6O3. The molecule has 0 unspecified atom stereocenters. The molecule has 1 N–H and O–H groups in total. The highest BCUT2D eigenvalue weighted by Crippen LogP contribution is 2.14. The van der Waals surface area contributed by atoms with Gasteiger partial charge in [0.05, 0.1) is 13.7 Å². The second kappa shape index (κ2) is 9.20. The van der Waals surface area contributed by atoms with Gasteiger partial charge in [-0.3, -0.25) is 4.79 Å². The van der Waals surface area contributed by atoms with Crippen molar-refractivity contribution in [3.63, 3.8) is 0 Å². The monoisotopic (exact) mass is 386 g/mol. The van der Waals surface area contributed by atoms with E-state index in [4.69, 9.17) is 4.74 Å². The summed E-state index contributed by atoms with van der Waals surface area (Å²) in [6.07, 6.45) is 2.62. The van der Waals surface area contributed by atoms with Crippen LogP contribution in [-0.2, 0) is 24.4 Å². The summed E-state index contributed by atoms with van der Waals surface area (Å²) in [5, 5.41) is 10.7. The molecule has 1 saturated heterocycles. The second-order valence-corrected chi connectivity index (χ2v) is 6.68. The van der Waals surface area contributed by atoms with E-state index in [-0.39, 0.29) is 18.5 Å². The summed E-state index contributed by atoms with van der Waals surface area (Å²) in [7, 11) is 1.62. The summed E-state index contributed by atoms with van der Waals surface area (Å²) in [6, 6.07) is 7.38. The number of nitrogens with zero attached hydrogens (tertiary/aromatic N) is 5. The number of aryl methyl sites for hydroxylation is 1. The van der Waals surface area contributed by atoms with Crippen LogP contribution in [-0.4, -0.2) is 63.2 Å². The molecule has 1 aromatic heterocycles. The molecule has 9 heteroatoms. The van der Waals surface area contributed by atoms with Crippen molar-refractivity contribution in [3.8, 4) is 5.75 Å². The van der Waals surface area contributed by atoms with E-state index in [2.05, 4.69) is 22.4 Å². The third-order valence-corrected chi connectivity index (χ3v) is 4.70. The van der Waals surface area contributed by atoms with Gasteiger partial charge in [-0.25, -0.2) is 4.79 Å². The quantitative estimate of drug-likeness (QED) is 0.773. The van der Waals surface area contributed by atoms with Crippen LogP contribution in [0.3, 0.4) is 0 Å². The number of piperazine rings is 1. The van der Waals surface area contributed by atoms with E-state index in [1.165, 1.54) is 4.90 Å². The maximum absolute atomic E-state index is 12.5. The average Bonchev–Trinajstić information content (AvgIpc) is 3.15. The van der Waals surface area contributed by atoms with E-state index in [1.807, 2.05) is 28.8 Å². The van der Waals surface area contributed by atoms with Gasteiger partial charge in [-0.2, -0.15) is 0 Å². The molecule has 1 aliphatic heterocycles. The molecule has 150 valence electrons. The molecule has 9 nitrogen and oxygen atoms in total. The summed E-state index contributed by atoms with van der Waals surface area (Å²) in [6.45, 7) is 4.76. The van der Waals surface area contributed by atoms with Crippen molar-refractivity contribution in [3.05, 3.63) is 42.0 Å². The number of nitrogens with one attached hydrogen (secondary N) is 1. The molecule has 0 atom stereocenters. The average molecular weight is 386 g/mol. The molecule has 1 aliphatic rings. The molecule has 0 spiro atoms. The zero-order valence-corrected chi connectivity index (χ0v) is 16.3. The van der Waals surface area contributed by atoms with E-state index >= 15 is 0 Å². The summed E-state index contributed by atoms with van der Waals surface area (Å²) in [5.74, 6) is 1.43. The first-order valence-electron chi connectivity index (χ1n) is 9.41. The van der Waals surface area contributed by atoms with E-state index in [1.54, 1.807) is 18.3 Å². The fourth-order valence-corrected chi connectivity index (χ4v) is 3.11. The molecule has 0 bridgehead atoms. The molecule has 1 aromatic carbocycles. The lowest BCUT2D eigenvalue weighted by Crippen LogP contribution is -2.54. The van der Waals surface area contributed by atoms with Gasteiger partial charge in [-0.1, -0.05) is 19.1 Å². The van der Waals surface area contributed by atoms with Gasteiger partial charge in [0, 0.05) is 26.2 Å². The standard InChI is InChI=1S/C19H26N6O3/c1-3-8-25-14-21-22-17(25)11-20-19(27)24-10-9-23(18(26)13-24)12-15-4-6-16(28-2)7-5-15/h4-7,14H,3,8-13H2,1-2H3,(H,20,27). The zero-order valence-electron chi connectivity index (χ0n) is 16.3. The van der Waals surface area contributed by atoms with Crippen molar-refractivity contribution in [2.45, 2.75) is 33.0 Å². The molecule has 2 aromatic rings. The summed E-state index contributed by atoms with van der Waals surface area (Å²) < 4.78 is 7.06. The first-order chi connectivity index (χ1) is 13.6. The first-order valence-corrected chi connectivity index (χ1v) is 9.41. The number of amides is 3. The van der Waals surface area contributed by atoms with Gasteiger partial charge in [0.15, 0.2) is 5.82 Å². The minimum atomic E-state index is -0.261. The minimum absolute atomic E-state index is 0.0635. The number of hydrogen-bond donors (Lipinski definition) is 1. The van der Waals surface area contributed by atoms with Crippen LogP contribution in [0.1, 0.15) is 24.7 Å². The molecule has 28 heavy (non-hydrogen) atoms. The number of benzene rings is 1. The molecule has 1 fully saturated rings. The molecule has 0 saturated carbocycles. The number of carbonyl (C=O) groups is 2. The van der Waals surface area contributed by atoms with E-state index in [0.717, 1.165) is 24.3 Å². The Morgan fingerprint density at radius 1 is 1.25 bits per heavy atom. The number of carbonyl (C=O) groups excluding carboxylic acids is 2. The lowest BCUT2D eigenvalue weighted by atomic mass is 10.2. The Morgan fingerprint density at radius 2 is 2.04 bits per heavy atom.